The number of rotatable bonds is 7. The Labute approximate surface area is 164 Å². The largest absolute Gasteiger partial charge is 0.491 e. The lowest BCUT2D eigenvalue weighted by atomic mass is 10.1. The molecule has 0 bridgehead atoms. The number of ether oxygens (including phenoxy) is 1. The third-order valence-electron chi connectivity index (χ3n) is 4.11. The topological polar surface area (TPSA) is 46.6 Å². The molecule has 0 aromatic heterocycles. The molecule has 3 rings (SSSR count). The average Bonchev–Trinajstić information content (AvgIpc) is 2.91. The van der Waals surface area contributed by atoms with Crippen molar-refractivity contribution in [2.75, 3.05) is 6.54 Å². The molecule has 0 atom stereocenters. The highest BCUT2D eigenvalue weighted by Gasteiger charge is 2.34. The first-order chi connectivity index (χ1) is 13.0. The summed E-state index contributed by atoms with van der Waals surface area (Å²) in [7, 11) is 0. The van der Waals surface area contributed by atoms with Gasteiger partial charge < -0.3 is 4.74 Å². The van der Waals surface area contributed by atoms with Gasteiger partial charge in [-0.3, -0.25) is 14.5 Å². The summed E-state index contributed by atoms with van der Waals surface area (Å²) in [6.45, 7) is 4.39. The summed E-state index contributed by atoms with van der Waals surface area (Å²) in [6, 6.07) is 17.6. The van der Waals surface area contributed by atoms with E-state index < -0.39 is 0 Å². The van der Waals surface area contributed by atoms with Gasteiger partial charge >= 0.3 is 0 Å². The molecule has 2 aromatic rings. The van der Waals surface area contributed by atoms with Crippen molar-refractivity contribution in [3.63, 3.8) is 0 Å². The number of benzene rings is 2. The minimum Gasteiger partial charge on any atom is -0.491 e. The fraction of sp³-hybridized carbons (Fsp3) is 0.273. The first-order valence-corrected chi connectivity index (χ1v) is 9.90. The van der Waals surface area contributed by atoms with E-state index in [1.807, 2.05) is 56.3 Å². The van der Waals surface area contributed by atoms with Crippen LogP contribution in [-0.2, 0) is 11.2 Å². The van der Waals surface area contributed by atoms with Crippen molar-refractivity contribution in [1.82, 2.24) is 4.90 Å². The van der Waals surface area contributed by atoms with E-state index in [1.165, 1.54) is 10.5 Å². The van der Waals surface area contributed by atoms with E-state index in [4.69, 9.17) is 4.74 Å². The third kappa shape index (κ3) is 5.23. The zero-order valence-corrected chi connectivity index (χ0v) is 16.4. The van der Waals surface area contributed by atoms with E-state index in [-0.39, 0.29) is 17.3 Å². The van der Waals surface area contributed by atoms with E-state index in [2.05, 4.69) is 12.1 Å². The van der Waals surface area contributed by atoms with Crippen molar-refractivity contribution in [3.05, 3.63) is 70.6 Å². The minimum atomic E-state index is -0.208. The standard InChI is InChI=1S/C22H23NO3S/c1-16(2)26-19-12-10-18(11-13-19)15-20-21(24)23(22(25)27-20)14-6-9-17-7-4-3-5-8-17/h3-5,7-8,10-13,15-16H,6,9,14H2,1-2H3/b20-15+. The molecule has 0 aliphatic carbocycles. The number of amides is 2. The molecule has 0 spiro atoms. The molecule has 2 amide bonds. The molecule has 1 heterocycles. The lowest BCUT2D eigenvalue weighted by Crippen LogP contribution is -2.29. The van der Waals surface area contributed by atoms with Crippen molar-refractivity contribution < 1.29 is 14.3 Å². The Morgan fingerprint density at radius 1 is 1.04 bits per heavy atom. The number of thioether (sulfide) groups is 1. The summed E-state index contributed by atoms with van der Waals surface area (Å²) in [4.78, 5) is 26.6. The normalized spacial score (nSPS) is 15.8. The van der Waals surface area contributed by atoms with E-state index in [1.54, 1.807) is 6.08 Å². The Kier molecular flexibility index (Phi) is 6.35. The van der Waals surface area contributed by atoms with Gasteiger partial charge in [-0.05, 0) is 67.8 Å². The van der Waals surface area contributed by atoms with Crippen LogP contribution in [0.5, 0.6) is 5.75 Å². The molecular formula is C22H23NO3S. The molecule has 0 saturated carbocycles. The number of aryl methyl sites for hydroxylation is 1. The zero-order chi connectivity index (χ0) is 19.2. The smallest absolute Gasteiger partial charge is 0.293 e. The second-order valence-corrected chi connectivity index (χ2v) is 7.65. The maximum atomic E-state index is 12.6. The summed E-state index contributed by atoms with van der Waals surface area (Å²) in [5.74, 6) is 0.580. The quantitative estimate of drug-likeness (QED) is 0.623. The number of carbonyl (C=O) groups excluding carboxylic acids is 2. The van der Waals surface area contributed by atoms with E-state index in [0.29, 0.717) is 11.4 Å². The van der Waals surface area contributed by atoms with Crippen LogP contribution in [0.1, 0.15) is 31.4 Å². The van der Waals surface area contributed by atoms with Crippen molar-refractivity contribution >= 4 is 29.0 Å². The van der Waals surface area contributed by atoms with Crippen molar-refractivity contribution in [3.8, 4) is 5.75 Å². The van der Waals surface area contributed by atoms with Gasteiger partial charge in [0.05, 0.1) is 11.0 Å². The molecule has 5 heteroatoms. The molecule has 27 heavy (non-hydrogen) atoms. The molecule has 1 aliphatic heterocycles. The second-order valence-electron chi connectivity index (χ2n) is 6.66. The van der Waals surface area contributed by atoms with Crippen LogP contribution in [-0.4, -0.2) is 28.7 Å². The summed E-state index contributed by atoms with van der Waals surface area (Å²) in [5, 5.41) is -0.195. The summed E-state index contributed by atoms with van der Waals surface area (Å²) < 4.78 is 5.62. The average molecular weight is 381 g/mol. The van der Waals surface area contributed by atoms with Crippen molar-refractivity contribution in [2.24, 2.45) is 0 Å². The summed E-state index contributed by atoms with van der Waals surface area (Å²) in [6.07, 6.45) is 3.49. The van der Waals surface area contributed by atoms with Crippen LogP contribution in [0.15, 0.2) is 59.5 Å². The summed E-state index contributed by atoms with van der Waals surface area (Å²) in [5.41, 5.74) is 2.09. The predicted molar refractivity (Wildman–Crippen MR) is 110 cm³/mol. The highest BCUT2D eigenvalue weighted by molar-refractivity contribution is 8.18. The van der Waals surface area contributed by atoms with Gasteiger partial charge in [-0.1, -0.05) is 42.5 Å². The highest BCUT2D eigenvalue weighted by atomic mass is 32.2. The lowest BCUT2D eigenvalue weighted by Gasteiger charge is -2.12. The van der Waals surface area contributed by atoms with Gasteiger partial charge in [0.2, 0.25) is 0 Å². The van der Waals surface area contributed by atoms with E-state index >= 15 is 0 Å². The van der Waals surface area contributed by atoms with Crippen LogP contribution >= 0.6 is 11.8 Å². The van der Waals surface area contributed by atoms with Crippen molar-refractivity contribution in [1.29, 1.82) is 0 Å². The Hall–Kier alpha value is -2.53. The first-order valence-electron chi connectivity index (χ1n) is 9.09. The van der Waals surface area contributed by atoms with Crippen LogP contribution in [0.4, 0.5) is 4.79 Å². The molecule has 1 saturated heterocycles. The molecule has 0 N–H and O–H groups in total. The van der Waals surface area contributed by atoms with Gasteiger partial charge in [-0.15, -0.1) is 0 Å². The molecule has 140 valence electrons. The van der Waals surface area contributed by atoms with Crippen LogP contribution in [0, 0.1) is 0 Å². The number of hydrogen-bond donors (Lipinski definition) is 0. The Morgan fingerprint density at radius 2 is 1.74 bits per heavy atom. The maximum Gasteiger partial charge on any atom is 0.293 e. The molecule has 0 unspecified atom stereocenters. The number of carbonyl (C=O) groups is 2. The van der Waals surface area contributed by atoms with Crippen LogP contribution in [0.25, 0.3) is 6.08 Å². The Balaban J connectivity index is 1.60. The van der Waals surface area contributed by atoms with Gasteiger partial charge in [0.25, 0.3) is 11.1 Å². The van der Waals surface area contributed by atoms with Crippen LogP contribution < -0.4 is 4.74 Å². The van der Waals surface area contributed by atoms with Gasteiger partial charge in [0.1, 0.15) is 5.75 Å². The lowest BCUT2D eigenvalue weighted by molar-refractivity contribution is -0.122. The highest BCUT2D eigenvalue weighted by Crippen LogP contribution is 2.32. The van der Waals surface area contributed by atoms with E-state index in [9.17, 15) is 9.59 Å². The maximum absolute atomic E-state index is 12.6. The Morgan fingerprint density at radius 3 is 2.41 bits per heavy atom. The monoisotopic (exact) mass is 381 g/mol. The van der Waals surface area contributed by atoms with Gasteiger partial charge in [-0.25, -0.2) is 0 Å². The number of imide groups is 1. The minimum absolute atomic E-state index is 0.114. The van der Waals surface area contributed by atoms with Crippen LogP contribution in [0.2, 0.25) is 0 Å². The predicted octanol–water partition coefficient (Wildman–Crippen LogP) is 5.14. The van der Waals surface area contributed by atoms with Gasteiger partial charge in [0.15, 0.2) is 0 Å². The first kappa shape index (κ1) is 19.2. The molecule has 1 aliphatic rings. The molecule has 0 radical (unpaired) electrons. The molecule has 4 nitrogen and oxygen atoms in total. The Bertz CT molecular complexity index is 828. The molecule has 1 fully saturated rings. The van der Waals surface area contributed by atoms with Gasteiger partial charge in [0, 0.05) is 6.54 Å². The number of nitrogens with zero attached hydrogens (tertiary/aromatic N) is 1. The fourth-order valence-corrected chi connectivity index (χ4v) is 3.71. The van der Waals surface area contributed by atoms with Crippen molar-refractivity contribution in [2.45, 2.75) is 32.8 Å². The van der Waals surface area contributed by atoms with Crippen LogP contribution in [0.3, 0.4) is 0 Å². The van der Waals surface area contributed by atoms with E-state index in [0.717, 1.165) is 35.9 Å². The van der Waals surface area contributed by atoms with Gasteiger partial charge in [-0.2, -0.15) is 0 Å². The molecule has 2 aromatic carbocycles. The third-order valence-corrected chi connectivity index (χ3v) is 5.02. The summed E-state index contributed by atoms with van der Waals surface area (Å²) >= 11 is 1.01. The second kappa shape index (κ2) is 8.91. The molecular weight excluding hydrogens is 358 g/mol. The fourth-order valence-electron chi connectivity index (χ4n) is 2.84. The zero-order valence-electron chi connectivity index (χ0n) is 15.6. The SMILES string of the molecule is CC(C)Oc1ccc(/C=C2/SC(=O)N(CCCc3ccccc3)C2=O)cc1. The number of hydrogen-bond acceptors (Lipinski definition) is 4.